The standard InChI is InChI=1S/C21H25ClN4O3/c1-13-7-8-17(14(2)11-13)24-19(27)15(3)29-20(28)18-16(22)12-23-21(25-18)26-9-5-4-6-10-26/h7-8,11-12,15H,4-6,9-10H2,1-3H3,(H,24,27)/t15-/m0/s1. The van der Waals surface area contributed by atoms with Crippen LogP contribution in [0.15, 0.2) is 24.4 Å². The van der Waals surface area contributed by atoms with Crippen molar-refractivity contribution in [1.82, 2.24) is 9.97 Å². The van der Waals surface area contributed by atoms with E-state index in [1.807, 2.05) is 36.9 Å². The van der Waals surface area contributed by atoms with Gasteiger partial charge in [0.2, 0.25) is 5.95 Å². The first kappa shape index (κ1) is 21.0. The summed E-state index contributed by atoms with van der Waals surface area (Å²) in [5.41, 5.74) is 2.68. The van der Waals surface area contributed by atoms with E-state index in [4.69, 9.17) is 16.3 Å². The van der Waals surface area contributed by atoms with E-state index in [1.165, 1.54) is 19.5 Å². The molecule has 1 aromatic heterocycles. The molecule has 154 valence electrons. The lowest BCUT2D eigenvalue weighted by Crippen LogP contribution is -2.32. The largest absolute Gasteiger partial charge is 0.448 e. The van der Waals surface area contributed by atoms with Gasteiger partial charge in [0.1, 0.15) is 0 Å². The predicted octanol–water partition coefficient (Wildman–Crippen LogP) is 3.92. The Morgan fingerprint density at radius 1 is 1.21 bits per heavy atom. The van der Waals surface area contributed by atoms with Gasteiger partial charge in [0.25, 0.3) is 5.91 Å². The third-order valence-electron chi connectivity index (χ3n) is 4.86. The Labute approximate surface area is 175 Å². The number of benzene rings is 1. The highest BCUT2D eigenvalue weighted by atomic mass is 35.5. The van der Waals surface area contributed by atoms with Crippen LogP contribution in [0.5, 0.6) is 0 Å². The van der Waals surface area contributed by atoms with Gasteiger partial charge in [-0.3, -0.25) is 4.79 Å². The van der Waals surface area contributed by atoms with Crippen LogP contribution >= 0.6 is 11.6 Å². The highest BCUT2D eigenvalue weighted by molar-refractivity contribution is 6.33. The number of rotatable bonds is 5. The lowest BCUT2D eigenvalue weighted by atomic mass is 10.1. The minimum Gasteiger partial charge on any atom is -0.448 e. The van der Waals surface area contributed by atoms with Crippen LogP contribution in [0.4, 0.5) is 11.6 Å². The zero-order valence-electron chi connectivity index (χ0n) is 16.9. The molecule has 0 unspecified atom stereocenters. The van der Waals surface area contributed by atoms with Gasteiger partial charge in [-0.1, -0.05) is 29.3 Å². The molecule has 0 saturated carbocycles. The average molecular weight is 417 g/mol. The molecule has 1 fully saturated rings. The molecule has 1 amide bonds. The smallest absolute Gasteiger partial charge is 0.359 e. The van der Waals surface area contributed by atoms with Crippen LogP contribution in [0.1, 0.15) is 47.8 Å². The summed E-state index contributed by atoms with van der Waals surface area (Å²) in [5, 5.41) is 2.88. The molecule has 2 aromatic rings. The minimum atomic E-state index is -1.01. The maximum Gasteiger partial charge on any atom is 0.359 e. The number of amides is 1. The quantitative estimate of drug-likeness (QED) is 0.743. The van der Waals surface area contributed by atoms with Gasteiger partial charge in [0, 0.05) is 18.8 Å². The van der Waals surface area contributed by atoms with Gasteiger partial charge < -0.3 is 15.0 Å². The molecule has 0 radical (unpaired) electrons. The van der Waals surface area contributed by atoms with Gasteiger partial charge >= 0.3 is 5.97 Å². The van der Waals surface area contributed by atoms with E-state index in [1.54, 1.807) is 0 Å². The summed E-state index contributed by atoms with van der Waals surface area (Å²) in [6, 6.07) is 5.69. The van der Waals surface area contributed by atoms with Crippen LogP contribution in [-0.4, -0.2) is 41.0 Å². The van der Waals surface area contributed by atoms with Crippen molar-refractivity contribution < 1.29 is 14.3 Å². The van der Waals surface area contributed by atoms with Crippen LogP contribution in [-0.2, 0) is 9.53 Å². The van der Waals surface area contributed by atoms with E-state index in [0.717, 1.165) is 37.1 Å². The molecule has 7 nitrogen and oxygen atoms in total. The SMILES string of the molecule is Cc1ccc(NC(=O)[C@H](C)OC(=O)c2nc(N3CCCCC3)ncc2Cl)c(C)c1. The number of nitrogens with one attached hydrogen (secondary N) is 1. The summed E-state index contributed by atoms with van der Waals surface area (Å²) in [7, 11) is 0. The lowest BCUT2D eigenvalue weighted by molar-refractivity contribution is -0.123. The number of esters is 1. The van der Waals surface area contributed by atoms with Gasteiger partial charge in [-0.05, 0) is 51.7 Å². The average Bonchev–Trinajstić information content (AvgIpc) is 2.71. The van der Waals surface area contributed by atoms with E-state index >= 15 is 0 Å². The minimum absolute atomic E-state index is 0.0339. The maximum atomic E-state index is 12.6. The van der Waals surface area contributed by atoms with Gasteiger partial charge in [-0.2, -0.15) is 0 Å². The summed E-state index contributed by atoms with van der Waals surface area (Å²) < 4.78 is 5.31. The first-order valence-corrected chi connectivity index (χ1v) is 10.1. The molecule has 1 aliphatic rings. The molecular formula is C21H25ClN4O3. The molecule has 1 aliphatic heterocycles. The van der Waals surface area contributed by atoms with Gasteiger partial charge in [-0.15, -0.1) is 0 Å². The second-order valence-corrected chi connectivity index (χ2v) is 7.68. The molecule has 0 spiro atoms. The zero-order chi connectivity index (χ0) is 21.0. The number of hydrogen-bond acceptors (Lipinski definition) is 6. The molecule has 29 heavy (non-hydrogen) atoms. The van der Waals surface area contributed by atoms with Crippen molar-refractivity contribution in [2.45, 2.75) is 46.1 Å². The number of piperidine rings is 1. The lowest BCUT2D eigenvalue weighted by Gasteiger charge is -2.26. The van der Waals surface area contributed by atoms with Crippen LogP contribution in [0, 0.1) is 13.8 Å². The Morgan fingerprint density at radius 2 is 1.93 bits per heavy atom. The van der Waals surface area contributed by atoms with Crippen LogP contribution in [0.2, 0.25) is 5.02 Å². The van der Waals surface area contributed by atoms with E-state index < -0.39 is 18.0 Å². The molecule has 1 N–H and O–H groups in total. The fraction of sp³-hybridized carbons (Fsp3) is 0.429. The van der Waals surface area contributed by atoms with Gasteiger partial charge in [-0.25, -0.2) is 14.8 Å². The van der Waals surface area contributed by atoms with E-state index in [2.05, 4.69) is 15.3 Å². The van der Waals surface area contributed by atoms with Crippen molar-refractivity contribution >= 4 is 35.1 Å². The number of hydrogen-bond donors (Lipinski definition) is 1. The molecule has 1 saturated heterocycles. The van der Waals surface area contributed by atoms with E-state index in [-0.39, 0.29) is 10.7 Å². The van der Waals surface area contributed by atoms with Gasteiger partial charge in [0.05, 0.1) is 11.2 Å². The number of halogens is 1. The highest BCUT2D eigenvalue weighted by Gasteiger charge is 2.24. The van der Waals surface area contributed by atoms with Crippen molar-refractivity contribution in [1.29, 1.82) is 0 Å². The molecule has 0 aliphatic carbocycles. The fourth-order valence-corrected chi connectivity index (χ4v) is 3.37. The predicted molar refractivity (Wildman–Crippen MR) is 113 cm³/mol. The Balaban J connectivity index is 1.67. The summed E-state index contributed by atoms with van der Waals surface area (Å²) in [6.45, 7) is 7.07. The summed E-state index contributed by atoms with van der Waals surface area (Å²) >= 11 is 6.11. The summed E-state index contributed by atoms with van der Waals surface area (Å²) in [4.78, 5) is 35.6. The number of ether oxygens (including phenoxy) is 1. The van der Waals surface area contributed by atoms with Crippen molar-refractivity contribution in [2.75, 3.05) is 23.3 Å². The Bertz CT molecular complexity index is 913. The Hall–Kier alpha value is -2.67. The molecule has 3 rings (SSSR count). The number of carbonyl (C=O) groups excluding carboxylic acids is 2. The monoisotopic (exact) mass is 416 g/mol. The molecule has 1 aromatic carbocycles. The molecule has 2 heterocycles. The fourth-order valence-electron chi connectivity index (χ4n) is 3.21. The van der Waals surface area contributed by atoms with Crippen LogP contribution in [0.3, 0.4) is 0 Å². The molecule has 0 bridgehead atoms. The number of aryl methyl sites for hydroxylation is 2. The van der Waals surface area contributed by atoms with Crippen LogP contribution < -0.4 is 10.2 Å². The third-order valence-corrected chi connectivity index (χ3v) is 5.13. The number of aromatic nitrogens is 2. The van der Waals surface area contributed by atoms with Crippen molar-refractivity contribution in [3.8, 4) is 0 Å². The van der Waals surface area contributed by atoms with Crippen LogP contribution in [0.25, 0.3) is 0 Å². The summed E-state index contributed by atoms with van der Waals surface area (Å²) in [5.74, 6) is -0.723. The summed E-state index contributed by atoms with van der Waals surface area (Å²) in [6.07, 6.45) is 3.68. The van der Waals surface area contributed by atoms with E-state index in [9.17, 15) is 9.59 Å². The Morgan fingerprint density at radius 3 is 2.62 bits per heavy atom. The van der Waals surface area contributed by atoms with E-state index in [0.29, 0.717) is 11.6 Å². The van der Waals surface area contributed by atoms with Crippen molar-refractivity contribution in [2.24, 2.45) is 0 Å². The zero-order valence-corrected chi connectivity index (χ0v) is 17.6. The maximum absolute atomic E-state index is 12.6. The van der Waals surface area contributed by atoms with Crippen molar-refractivity contribution in [3.05, 3.63) is 46.2 Å². The first-order valence-electron chi connectivity index (χ1n) is 9.71. The normalized spacial score (nSPS) is 15.0. The topological polar surface area (TPSA) is 84.4 Å². The molecular weight excluding hydrogens is 392 g/mol. The number of nitrogens with zero attached hydrogens (tertiary/aromatic N) is 3. The third kappa shape index (κ3) is 5.23. The highest BCUT2D eigenvalue weighted by Crippen LogP contribution is 2.21. The number of anilines is 2. The van der Waals surface area contributed by atoms with Gasteiger partial charge in [0.15, 0.2) is 11.8 Å². The van der Waals surface area contributed by atoms with Crippen molar-refractivity contribution in [3.63, 3.8) is 0 Å². The second kappa shape index (κ2) is 9.22. The second-order valence-electron chi connectivity index (χ2n) is 7.27. The number of carbonyl (C=O) groups is 2. The molecule has 1 atom stereocenters. The molecule has 8 heteroatoms. The Kier molecular flexibility index (Phi) is 6.69. The first-order chi connectivity index (χ1) is 13.8.